The van der Waals surface area contributed by atoms with E-state index in [0.29, 0.717) is 23.8 Å². The van der Waals surface area contributed by atoms with E-state index < -0.39 is 5.97 Å². The number of carbonyl (C=O) groups is 3. The summed E-state index contributed by atoms with van der Waals surface area (Å²) in [5, 5.41) is 14.5. The first kappa shape index (κ1) is 28.9. The van der Waals surface area contributed by atoms with E-state index in [1.165, 1.54) is 0 Å². The van der Waals surface area contributed by atoms with E-state index in [-0.39, 0.29) is 36.1 Å². The Hall–Kier alpha value is -2.67. The van der Waals surface area contributed by atoms with Crippen LogP contribution < -0.4 is 10.6 Å². The van der Waals surface area contributed by atoms with Crippen molar-refractivity contribution in [3.05, 3.63) is 63.6 Å². The van der Waals surface area contributed by atoms with Gasteiger partial charge < -0.3 is 15.7 Å². The molecule has 1 unspecified atom stereocenters. The van der Waals surface area contributed by atoms with Crippen LogP contribution in [0.4, 0.5) is 5.69 Å². The van der Waals surface area contributed by atoms with Crippen molar-refractivity contribution in [3.63, 3.8) is 0 Å². The molecular formula is C30H39BrN2O4. The Bertz CT molecular complexity index is 1100. The number of anilines is 1. The van der Waals surface area contributed by atoms with Crippen molar-refractivity contribution in [1.29, 1.82) is 0 Å². The second-order valence-electron chi connectivity index (χ2n) is 11.3. The third-order valence-electron chi connectivity index (χ3n) is 7.64. The highest BCUT2D eigenvalue weighted by Gasteiger charge is 2.35. The van der Waals surface area contributed by atoms with E-state index in [9.17, 15) is 14.4 Å². The van der Waals surface area contributed by atoms with E-state index in [1.54, 1.807) is 12.1 Å². The van der Waals surface area contributed by atoms with Gasteiger partial charge in [-0.2, -0.15) is 0 Å². The highest BCUT2D eigenvalue weighted by Crippen LogP contribution is 2.42. The lowest BCUT2D eigenvalue weighted by Crippen LogP contribution is -2.35. The number of carbonyl (C=O) groups excluding carboxylic acids is 2. The van der Waals surface area contributed by atoms with Gasteiger partial charge in [0.1, 0.15) is 0 Å². The minimum Gasteiger partial charge on any atom is -0.481 e. The molecule has 1 aliphatic rings. The number of carboxylic acid groups (broad SMARTS) is 1. The summed E-state index contributed by atoms with van der Waals surface area (Å²) < 4.78 is 0.963. The Morgan fingerprint density at radius 2 is 1.68 bits per heavy atom. The smallest absolute Gasteiger partial charge is 0.305 e. The van der Waals surface area contributed by atoms with E-state index in [1.807, 2.05) is 37.3 Å². The van der Waals surface area contributed by atoms with Crippen LogP contribution in [-0.2, 0) is 16.0 Å². The number of nitrogens with one attached hydrogen (secondary N) is 2. The Morgan fingerprint density at radius 1 is 1.03 bits per heavy atom. The standard InChI is InChI=1S/C30H39BrN2O4/c1-19-5-14-24(18-26(19)31)33-29(37)25(21-10-12-23(13-11-21)30(2,3)4)17-20-6-8-22(9-7-20)28(36)32-16-15-27(34)35/h5-9,14,18,21,23,25H,10-13,15-17H2,1-4H3,(H,32,36)(H,33,37)(H,34,35). The molecule has 1 atom stereocenters. The molecule has 7 heteroatoms. The average Bonchev–Trinajstić information content (AvgIpc) is 2.84. The second kappa shape index (κ2) is 12.7. The third kappa shape index (κ3) is 8.42. The van der Waals surface area contributed by atoms with Gasteiger partial charge in [-0.25, -0.2) is 0 Å². The molecule has 6 nitrogen and oxygen atoms in total. The van der Waals surface area contributed by atoms with Crippen LogP contribution in [0.5, 0.6) is 0 Å². The quantitative estimate of drug-likeness (QED) is 0.316. The van der Waals surface area contributed by atoms with Gasteiger partial charge in [0.05, 0.1) is 6.42 Å². The molecule has 3 rings (SSSR count). The first-order chi connectivity index (χ1) is 17.4. The normalized spacial score (nSPS) is 18.6. The molecule has 0 heterocycles. The van der Waals surface area contributed by atoms with Crippen LogP contribution in [0.2, 0.25) is 0 Å². The monoisotopic (exact) mass is 570 g/mol. The van der Waals surface area contributed by atoms with Gasteiger partial charge in [-0.05, 0) is 91.7 Å². The lowest BCUT2D eigenvalue weighted by atomic mass is 9.66. The molecule has 2 amide bonds. The zero-order valence-corrected chi connectivity index (χ0v) is 23.9. The number of aliphatic carboxylic acids is 1. The van der Waals surface area contributed by atoms with Gasteiger partial charge in [-0.3, -0.25) is 14.4 Å². The van der Waals surface area contributed by atoms with Crippen molar-refractivity contribution in [2.45, 2.75) is 66.2 Å². The molecule has 0 aliphatic heterocycles. The first-order valence-electron chi connectivity index (χ1n) is 13.1. The molecule has 0 aromatic heterocycles. The highest BCUT2D eigenvalue weighted by molar-refractivity contribution is 9.10. The van der Waals surface area contributed by atoms with Crippen LogP contribution in [0.3, 0.4) is 0 Å². The summed E-state index contributed by atoms with van der Waals surface area (Å²) in [6.45, 7) is 9.01. The molecular weight excluding hydrogens is 532 g/mol. The second-order valence-corrected chi connectivity index (χ2v) is 12.2. The lowest BCUT2D eigenvalue weighted by Gasteiger charge is -2.39. The zero-order chi connectivity index (χ0) is 27.2. The minimum absolute atomic E-state index is 0.0328. The van der Waals surface area contributed by atoms with Crippen molar-refractivity contribution in [1.82, 2.24) is 5.32 Å². The van der Waals surface area contributed by atoms with Crippen molar-refractivity contribution < 1.29 is 19.5 Å². The number of aryl methyl sites for hydroxylation is 1. The maximum absolute atomic E-state index is 13.6. The number of amides is 2. The fraction of sp³-hybridized carbons (Fsp3) is 0.500. The van der Waals surface area contributed by atoms with Crippen LogP contribution in [0.1, 0.15) is 74.4 Å². The summed E-state index contributed by atoms with van der Waals surface area (Å²) in [4.78, 5) is 36.6. The summed E-state index contributed by atoms with van der Waals surface area (Å²) in [6, 6.07) is 13.2. The van der Waals surface area contributed by atoms with E-state index in [0.717, 1.165) is 47.0 Å². The van der Waals surface area contributed by atoms with Crippen LogP contribution >= 0.6 is 15.9 Å². The predicted octanol–water partition coefficient (Wildman–Crippen LogP) is 6.61. The molecule has 37 heavy (non-hydrogen) atoms. The Kier molecular flexibility index (Phi) is 9.93. The Morgan fingerprint density at radius 3 is 2.24 bits per heavy atom. The number of rotatable bonds is 9. The largest absolute Gasteiger partial charge is 0.481 e. The SMILES string of the molecule is Cc1ccc(NC(=O)C(Cc2ccc(C(=O)NCCC(=O)O)cc2)C2CCC(C(C)(C)C)CC2)cc1Br. The average molecular weight is 572 g/mol. The minimum atomic E-state index is -0.950. The van der Waals surface area contributed by atoms with E-state index >= 15 is 0 Å². The van der Waals surface area contributed by atoms with Crippen LogP contribution in [0.15, 0.2) is 46.9 Å². The Balaban J connectivity index is 1.73. The number of halogens is 1. The highest BCUT2D eigenvalue weighted by atomic mass is 79.9. The molecule has 200 valence electrons. The summed E-state index contributed by atoms with van der Waals surface area (Å²) in [6.07, 6.45) is 4.80. The molecule has 1 fully saturated rings. The van der Waals surface area contributed by atoms with Gasteiger partial charge in [0.15, 0.2) is 0 Å². The zero-order valence-electron chi connectivity index (χ0n) is 22.3. The van der Waals surface area contributed by atoms with Gasteiger partial charge in [0.2, 0.25) is 5.91 Å². The van der Waals surface area contributed by atoms with Crippen molar-refractivity contribution >= 4 is 39.4 Å². The third-order valence-corrected chi connectivity index (χ3v) is 8.49. The molecule has 1 saturated carbocycles. The number of hydrogen-bond acceptors (Lipinski definition) is 3. The molecule has 1 aliphatic carbocycles. The predicted molar refractivity (Wildman–Crippen MR) is 151 cm³/mol. The number of hydrogen-bond donors (Lipinski definition) is 3. The molecule has 0 spiro atoms. The molecule has 3 N–H and O–H groups in total. The summed E-state index contributed by atoms with van der Waals surface area (Å²) >= 11 is 3.56. The number of carboxylic acids is 1. The van der Waals surface area contributed by atoms with Gasteiger partial charge in [-0.15, -0.1) is 0 Å². The molecule has 0 radical (unpaired) electrons. The number of benzene rings is 2. The van der Waals surface area contributed by atoms with Crippen molar-refractivity contribution in [2.75, 3.05) is 11.9 Å². The molecule has 0 bridgehead atoms. The molecule has 0 saturated heterocycles. The molecule has 2 aromatic rings. The summed E-state index contributed by atoms with van der Waals surface area (Å²) in [5.41, 5.74) is 3.65. The van der Waals surface area contributed by atoms with E-state index in [4.69, 9.17) is 5.11 Å². The Labute approximate surface area is 228 Å². The topological polar surface area (TPSA) is 95.5 Å². The van der Waals surface area contributed by atoms with Gasteiger partial charge in [0.25, 0.3) is 5.91 Å². The summed E-state index contributed by atoms with van der Waals surface area (Å²) in [5.74, 6) is -0.422. The first-order valence-corrected chi connectivity index (χ1v) is 13.9. The maximum Gasteiger partial charge on any atom is 0.305 e. The van der Waals surface area contributed by atoms with Crippen molar-refractivity contribution in [3.8, 4) is 0 Å². The van der Waals surface area contributed by atoms with Crippen molar-refractivity contribution in [2.24, 2.45) is 23.2 Å². The van der Waals surface area contributed by atoms with Crippen LogP contribution in [0, 0.1) is 30.1 Å². The van der Waals surface area contributed by atoms with Gasteiger partial charge in [-0.1, -0.05) is 54.9 Å². The fourth-order valence-corrected chi connectivity index (χ4v) is 5.58. The van der Waals surface area contributed by atoms with E-state index in [2.05, 4.69) is 47.3 Å². The maximum atomic E-state index is 13.6. The van der Waals surface area contributed by atoms with Crippen LogP contribution in [-0.4, -0.2) is 29.4 Å². The van der Waals surface area contributed by atoms with Crippen LogP contribution in [0.25, 0.3) is 0 Å². The summed E-state index contributed by atoms with van der Waals surface area (Å²) in [7, 11) is 0. The van der Waals surface area contributed by atoms with Gasteiger partial charge in [0, 0.05) is 28.2 Å². The van der Waals surface area contributed by atoms with Gasteiger partial charge >= 0.3 is 5.97 Å². The fourth-order valence-electron chi connectivity index (χ4n) is 5.20. The molecule has 2 aromatic carbocycles. The lowest BCUT2D eigenvalue weighted by molar-refractivity contribution is -0.136.